The molecule has 0 unspecified atom stereocenters. The van der Waals surface area contributed by atoms with Crippen LogP contribution in [0.5, 0.6) is 17.8 Å². The van der Waals surface area contributed by atoms with Gasteiger partial charge in [-0.3, -0.25) is 0 Å². The van der Waals surface area contributed by atoms with Crippen molar-refractivity contribution in [2.75, 3.05) is 6.61 Å². The lowest BCUT2D eigenvalue weighted by Crippen LogP contribution is -2.03. The third-order valence-electron chi connectivity index (χ3n) is 2.12. The highest BCUT2D eigenvalue weighted by molar-refractivity contribution is 6.30. The van der Waals surface area contributed by atoms with Crippen LogP contribution < -0.4 is 9.47 Å². The van der Waals surface area contributed by atoms with Crippen molar-refractivity contribution in [3.63, 3.8) is 0 Å². The predicted molar refractivity (Wildman–Crippen MR) is 72.1 cm³/mol. The quantitative estimate of drug-likeness (QED) is 0.837. The largest absolute Gasteiger partial charge is 0.463 e. The Morgan fingerprint density at radius 2 is 1.90 bits per heavy atom. The standard InChI is InChI=1S/C12H10Cl2FN3O2/c1-2-6-19-11-16-10(14)17-12(18-11)20-8-5-3-4-7(13)9(8)15/h3-5H,2,6H2,1H3. The van der Waals surface area contributed by atoms with E-state index in [0.717, 1.165) is 6.42 Å². The molecule has 2 rings (SSSR count). The van der Waals surface area contributed by atoms with Gasteiger partial charge in [-0.2, -0.15) is 9.97 Å². The van der Waals surface area contributed by atoms with Crippen LogP contribution in [0.1, 0.15) is 13.3 Å². The first-order valence-electron chi connectivity index (χ1n) is 5.76. The Morgan fingerprint density at radius 3 is 2.65 bits per heavy atom. The molecule has 20 heavy (non-hydrogen) atoms. The topological polar surface area (TPSA) is 57.1 Å². The van der Waals surface area contributed by atoms with Crippen LogP contribution in [0.3, 0.4) is 0 Å². The summed E-state index contributed by atoms with van der Waals surface area (Å²) in [6.07, 6.45) is 0.780. The Morgan fingerprint density at radius 1 is 1.15 bits per heavy atom. The fraction of sp³-hybridized carbons (Fsp3) is 0.250. The molecule has 1 heterocycles. The average Bonchev–Trinajstić information content (AvgIpc) is 2.41. The highest BCUT2D eigenvalue weighted by Crippen LogP contribution is 2.27. The van der Waals surface area contributed by atoms with Gasteiger partial charge in [0.15, 0.2) is 11.6 Å². The third-order valence-corrected chi connectivity index (χ3v) is 2.58. The Labute approximate surface area is 124 Å². The molecule has 0 aliphatic heterocycles. The first-order chi connectivity index (χ1) is 9.60. The van der Waals surface area contributed by atoms with E-state index >= 15 is 0 Å². The highest BCUT2D eigenvalue weighted by atomic mass is 35.5. The van der Waals surface area contributed by atoms with E-state index < -0.39 is 5.82 Å². The zero-order valence-corrected chi connectivity index (χ0v) is 12.0. The fourth-order valence-electron chi connectivity index (χ4n) is 1.28. The van der Waals surface area contributed by atoms with Crippen molar-refractivity contribution >= 4 is 23.2 Å². The SMILES string of the molecule is CCCOc1nc(Cl)nc(Oc2cccc(Cl)c2F)n1. The number of hydrogen-bond acceptors (Lipinski definition) is 5. The van der Waals surface area contributed by atoms with Crippen molar-refractivity contribution in [1.82, 2.24) is 15.0 Å². The number of halogens is 3. The van der Waals surface area contributed by atoms with Gasteiger partial charge in [0.25, 0.3) is 0 Å². The number of benzene rings is 1. The van der Waals surface area contributed by atoms with Crippen LogP contribution in [0, 0.1) is 5.82 Å². The summed E-state index contributed by atoms with van der Waals surface area (Å²) in [4.78, 5) is 11.4. The van der Waals surface area contributed by atoms with Crippen LogP contribution in [-0.2, 0) is 0 Å². The van der Waals surface area contributed by atoms with Crippen LogP contribution in [0.4, 0.5) is 4.39 Å². The first-order valence-corrected chi connectivity index (χ1v) is 6.52. The molecule has 0 aliphatic carbocycles. The first kappa shape index (κ1) is 14.7. The summed E-state index contributed by atoms with van der Waals surface area (Å²) in [5, 5.41) is -0.173. The van der Waals surface area contributed by atoms with Gasteiger partial charge in [-0.15, -0.1) is 4.98 Å². The number of ether oxygens (including phenoxy) is 2. The second-order valence-electron chi connectivity index (χ2n) is 3.67. The van der Waals surface area contributed by atoms with Gasteiger partial charge in [0.05, 0.1) is 11.6 Å². The normalized spacial score (nSPS) is 10.4. The Hall–Kier alpha value is -1.66. The molecule has 0 atom stereocenters. The van der Waals surface area contributed by atoms with E-state index in [1.54, 1.807) is 0 Å². The van der Waals surface area contributed by atoms with E-state index in [2.05, 4.69) is 15.0 Å². The van der Waals surface area contributed by atoms with E-state index in [9.17, 15) is 4.39 Å². The van der Waals surface area contributed by atoms with Gasteiger partial charge in [0.1, 0.15) is 0 Å². The van der Waals surface area contributed by atoms with Crippen molar-refractivity contribution in [1.29, 1.82) is 0 Å². The van der Waals surface area contributed by atoms with Crippen molar-refractivity contribution in [3.8, 4) is 17.8 Å². The van der Waals surface area contributed by atoms with E-state index in [0.29, 0.717) is 6.61 Å². The van der Waals surface area contributed by atoms with Gasteiger partial charge in [-0.1, -0.05) is 24.6 Å². The fourth-order valence-corrected chi connectivity index (χ4v) is 1.59. The molecular weight excluding hydrogens is 308 g/mol. The molecule has 5 nitrogen and oxygen atoms in total. The molecular formula is C12H10Cl2FN3O2. The summed E-state index contributed by atoms with van der Waals surface area (Å²) in [6, 6.07) is 4.19. The molecule has 0 saturated heterocycles. The Bertz CT molecular complexity index is 613. The Kier molecular flexibility index (Phi) is 4.92. The molecule has 0 bridgehead atoms. The second kappa shape index (κ2) is 6.67. The molecule has 8 heteroatoms. The van der Waals surface area contributed by atoms with E-state index in [-0.39, 0.29) is 28.1 Å². The van der Waals surface area contributed by atoms with Crippen LogP contribution in [0.2, 0.25) is 10.3 Å². The minimum Gasteiger partial charge on any atom is -0.463 e. The zero-order valence-electron chi connectivity index (χ0n) is 10.4. The number of nitrogens with zero attached hydrogens (tertiary/aromatic N) is 3. The average molecular weight is 318 g/mol. The number of aromatic nitrogens is 3. The van der Waals surface area contributed by atoms with E-state index in [1.807, 2.05) is 6.92 Å². The molecule has 0 N–H and O–H groups in total. The van der Waals surface area contributed by atoms with Crippen molar-refractivity contribution in [2.45, 2.75) is 13.3 Å². The maximum atomic E-state index is 13.7. The molecule has 0 fully saturated rings. The van der Waals surface area contributed by atoms with Gasteiger partial charge in [-0.25, -0.2) is 4.39 Å². The van der Waals surface area contributed by atoms with Gasteiger partial charge in [0, 0.05) is 0 Å². The smallest absolute Gasteiger partial charge is 0.329 e. The van der Waals surface area contributed by atoms with Gasteiger partial charge < -0.3 is 9.47 Å². The van der Waals surface area contributed by atoms with E-state index in [4.69, 9.17) is 32.7 Å². The third kappa shape index (κ3) is 3.68. The van der Waals surface area contributed by atoms with Crippen LogP contribution in [0.25, 0.3) is 0 Å². The van der Waals surface area contributed by atoms with Gasteiger partial charge in [0.2, 0.25) is 5.28 Å². The van der Waals surface area contributed by atoms with Crippen LogP contribution in [-0.4, -0.2) is 21.6 Å². The maximum absolute atomic E-state index is 13.7. The lowest BCUT2D eigenvalue weighted by Gasteiger charge is -2.07. The summed E-state index contributed by atoms with van der Waals surface area (Å²) < 4.78 is 24.1. The molecule has 0 saturated carbocycles. The summed E-state index contributed by atoms with van der Waals surface area (Å²) in [6.45, 7) is 2.35. The molecule has 0 aliphatic rings. The van der Waals surface area contributed by atoms with Crippen LogP contribution in [0.15, 0.2) is 18.2 Å². The molecule has 2 aromatic rings. The number of hydrogen-bond donors (Lipinski definition) is 0. The van der Waals surface area contributed by atoms with Crippen molar-refractivity contribution in [2.24, 2.45) is 0 Å². The minimum absolute atomic E-state index is 0.0179. The summed E-state index contributed by atoms with van der Waals surface area (Å²) in [5.41, 5.74) is 0. The zero-order chi connectivity index (χ0) is 14.5. The van der Waals surface area contributed by atoms with Crippen molar-refractivity contribution < 1.29 is 13.9 Å². The highest BCUT2D eigenvalue weighted by Gasteiger charge is 2.12. The van der Waals surface area contributed by atoms with Gasteiger partial charge >= 0.3 is 12.0 Å². The monoisotopic (exact) mass is 317 g/mol. The molecule has 0 spiro atoms. The minimum atomic E-state index is -0.707. The molecule has 1 aromatic heterocycles. The predicted octanol–water partition coefficient (Wildman–Crippen LogP) is 3.90. The molecule has 0 amide bonds. The lowest BCUT2D eigenvalue weighted by atomic mass is 10.3. The van der Waals surface area contributed by atoms with Gasteiger partial charge in [-0.05, 0) is 30.2 Å². The van der Waals surface area contributed by atoms with Crippen LogP contribution >= 0.6 is 23.2 Å². The second-order valence-corrected chi connectivity index (χ2v) is 4.42. The maximum Gasteiger partial charge on any atom is 0.329 e. The van der Waals surface area contributed by atoms with E-state index in [1.165, 1.54) is 18.2 Å². The lowest BCUT2D eigenvalue weighted by molar-refractivity contribution is 0.284. The Balaban J connectivity index is 2.24. The number of rotatable bonds is 5. The summed E-state index contributed by atoms with van der Waals surface area (Å²) in [5.74, 6) is -0.817. The molecule has 106 valence electrons. The summed E-state index contributed by atoms with van der Waals surface area (Å²) in [7, 11) is 0. The summed E-state index contributed by atoms with van der Waals surface area (Å²) >= 11 is 11.4. The molecule has 0 radical (unpaired) electrons. The molecule has 1 aromatic carbocycles. The van der Waals surface area contributed by atoms with Crippen molar-refractivity contribution in [3.05, 3.63) is 34.3 Å².